The number of sulfonamides is 1. The largest absolute Gasteiger partial charge is 0.352 e. The van der Waals surface area contributed by atoms with Crippen molar-refractivity contribution in [2.45, 2.75) is 35.9 Å². The summed E-state index contributed by atoms with van der Waals surface area (Å²) in [6.45, 7) is -0.320. The molecule has 27 heavy (non-hydrogen) atoms. The first-order valence-corrected chi connectivity index (χ1v) is 11.4. The van der Waals surface area contributed by atoms with Gasteiger partial charge in [-0.2, -0.15) is 0 Å². The van der Waals surface area contributed by atoms with Gasteiger partial charge in [0.05, 0.1) is 5.69 Å². The number of hydrogen-bond donors (Lipinski definition) is 1. The number of carbonyl (C=O) groups excluding carboxylic acids is 1. The van der Waals surface area contributed by atoms with Crippen molar-refractivity contribution in [1.29, 1.82) is 0 Å². The van der Waals surface area contributed by atoms with E-state index in [-0.39, 0.29) is 28.4 Å². The summed E-state index contributed by atoms with van der Waals surface area (Å²) in [5.41, 5.74) is 0.271. The molecule has 1 aromatic carbocycles. The first-order chi connectivity index (χ1) is 12.9. The van der Waals surface area contributed by atoms with Gasteiger partial charge in [-0.3, -0.25) is 9.10 Å². The van der Waals surface area contributed by atoms with Crippen LogP contribution in [0.3, 0.4) is 0 Å². The van der Waals surface area contributed by atoms with Gasteiger partial charge in [-0.05, 0) is 66.8 Å². The molecule has 3 unspecified atom stereocenters. The molecule has 0 spiro atoms. The van der Waals surface area contributed by atoms with Crippen molar-refractivity contribution in [3.8, 4) is 0 Å². The van der Waals surface area contributed by atoms with Crippen LogP contribution in [0.25, 0.3) is 0 Å². The van der Waals surface area contributed by atoms with Crippen LogP contribution in [-0.4, -0.2) is 26.9 Å². The zero-order valence-electron chi connectivity index (χ0n) is 14.7. The summed E-state index contributed by atoms with van der Waals surface area (Å²) in [7, 11) is -3.89. The molecule has 2 saturated carbocycles. The van der Waals surface area contributed by atoms with Gasteiger partial charge in [0.15, 0.2) is 0 Å². The Morgan fingerprint density at radius 2 is 1.96 bits per heavy atom. The van der Waals surface area contributed by atoms with E-state index in [1.807, 2.05) is 0 Å². The highest BCUT2D eigenvalue weighted by molar-refractivity contribution is 7.94. The molecule has 1 heterocycles. The summed E-state index contributed by atoms with van der Waals surface area (Å²) in [4.78, 5) is 12.7. The molecule has 2 bridgehead atoms. The Hall–Kier alpha value is -1.93. The molecule has 8 heteroatoms. The maximum absolute atomic E-state index is 13.3. The Labute approximate surface area is 162 Å². The maximum atomic E-state index is 13.3. The number of anilines is 1. The average Bonchev–Trinajstić information content (AvgIpc) is 3.38. The smallest absolute Gasteiger partial charge is 0.274 e. The molecule has 1 aromatic heterocycles. The Morgan fingerprint density at radius 1 is 1.19 bits per heavy atom. The van der Waals surface area contributed by atoms with E-state index < -0.39 is 15.8 Å². The van der Waals surface area contributed by atoms with Crippen LogP contribution in [0.2, 0.25) is 0 Å². The molecular formula is C19H21FN2O3S2. The molecular weight excluding hydrogens is 387 g/mol. The molecule has 5 nitrogen and oxygen atoms in total. The highest BCUT2D eigenvalue weighted by Crippen LogP contribution is 2.44. The monoisotopic (exact) mass is 408 g/mol. The number of amides is 1. The van der Waals surface area contributed by atoms with Gasteiger partial charge in [0, 0.05) is 6.04 Å². The third-order valence-corrected chi connectivity index (χ3v) is 8.67. The molecule has 0 saturated heterocycles. The predicted octanol–water partition coefficient (Wildman–Crippen LogP) is 3.39. The van der Waals surface area contributed by atoms with Gasteiger partial charge in [0.2, 0.25) is 5.91 Å². The predicted molar refractivity (Wildman–Crippen MR) is 103 cm³/mol. The van der Waals surface area contributed by atoms with Crippen molar-refractivity contribution in [3.05, 3.63) is 47.6 Å². The lowest BCUT2D eigenvalue weighted by atomic mass is 9.95. The van der Waals surface area contributed by atoms with E-state index in [9.17, 15) is 17.6 Å². The Bertz CT molecular complexity index is 913. The van der Waals surface area contributed by atoms with Gasteiger partial charge >= 0.3 is 0 Å². The summed E-state index contributed by atoms with van der Waals surface area (Å²) < 4.78 is 40.6. The van der Waals surface area contributed by atoms with Crippen LogP contribution in [-0.2, 0) is 14.8 Å². The molecule has 2 aromatic rings. The lowest BCUT2D eigenvalue weighted by molar-refractivity contribution is -0.120. The molecule has 2 aliphatic rings. The van der Waals surface area contributed by atoms with Gasteiger partial charge in [-0.1, -0.05) is 12.5 Å². The standard InChI is InChI=1S/C19H21FN2O3S2/c20-15-5-7-16(8-6-15)22(27(24,25)19-2-1-9-26-19)12-18(23)21-17-11-13-3-4-14(17)10-13/h1-2,5-9,13-14,17H,3-4,10-12H2,(H,21,23). The SMILES string of the molecule is O=C(CN(c1ccc(F)cc1)S(=O)(=O)c1cccs1)NC1CC2CCC1C2. The number of halogens is 1. The van der Waals surface area contributed by atoms with Crippen LogP contribution in [0.15, 0.2) is 46.0 Å². The minimum atomic E-state index is -3.89. The van der Waals surface area contributed by atoms with Crippen molar-refractivity contribution in [3.63, 3.8) is 0 Å². The fourth-order valence-electron chi connectivity index (χ4n) is 4.25. The summed E-state index contributed by atoms with van der Waals surface area (Å²) in [5, 5.41) is 4.70. The topological polar surface area (TPSA) is 66.5 Å². The highest BCUT2D eigenvalue weighted by Gasteiger charge is 2.40. The molecule has 1 N–H and O–H groups in total. The van der Waals surface area contributed by atoms with Crippen molar-refractivity contribution >= 4 is 33.0 Å². The van der Waals surface area contributed by atoms with Crippen LogP contribution < -0.4 is 9.62 Å². The number of thiophene rings is 1. The second kappa shape index (κ2) is 7.24. The summed E-state index contributed by atoms with van der Waals surface area (Å²) in [6.07, 6.45) is 4.49. The van der Waals surface area contributed by atoms with Gasteiger partial charge < -0.3 is 5.32 Å². The fraction of sp³-hybridized carbons (Fsp3) is 0.421. The van der Waals surface area contributed by atoms with Crippen molar-refractivity contribution in [2.75, 3.05) is 10.8 Å². The van der Waals surface area contributed by atoms with E-state index in [0.29, 0.717) is 11.8 Å². The lowest BCUT2D eigenvalue weighted by Crippen LogP contribution is -2.45. The first-order valence-electron chi connectivity index (χ1n) is 9.04. The van der Waals surface area contributed by atoms with E-state index in [0.717, 1.165) is 34.9 Å². The van der Waals surface area contributed by atoms with Crippen LogP contribution in [0.4, 0.5) is 10.1 Å². The van der Waals surface area contributed by atoms with Gasteiger partial charge in [-0.15, -0.1) is 11.3 Å². The summed E-state index contributed by atoms with van der Waals surface area (Å²) >= 11 is 1.09. The number of hydrogen-bond acceptors (Lipinski definition) is 4. The van der Waals surface area contributed by atoms with E-state index in [1.54, 1.807) is 11.4 Å². The number of nitrogens with zero attached hydrogens (tertiary/aromatic N) is 1. The number of benzene rings is 1. The van der Waals surface area contributed by atoms with Crippen LogP contribution in [0.1, 0.15) is 25.7 Å². The number of nitrogens with one attached hydrogen (secondary N) is 1. The molecule has 2 aliphatic carbocycles. The molecule has 1 amide bonds. The number of carbonyl (C=O) groups is 1. The highest BCUT2D eigenvalue weighted by atomic mass is 32.2. The Balaban J connectivity index is 1.56. The summed E-state index contributed by atoms with van der Waals surface area (Å²) in [6, 6.07) is 8.44. The number of rotatable bonds is 6. The molecule has 3 atom stereocenters. The second-order valence-corrected chi connectivity index (χ2v) is 10.3. The fourth-order valence-corrected chi connectivity index (χ4v) is 6.77. The molecule has 144 valence electrons. The van der Waals surface area contributed by atoms with E-state index in [1.165, 1.54) is 36.8 Å². The Kier molecular flexibility index (Phi) is 4.94. The maximum Gasteiger partial charge on any atom is 0.274 e. The van der Waals surface area contributed by atoms with Crippen LogP contribution in [0.5, 0.6) is 0 Å². The van der Waals surface area contributed by atoms with Crippen molar-refractivity contribution in [2.24, 2.45) is 11.8 Å². The van der Waals surface area contributed by atoms with Crippen molar-refractivity contribution < 1.29 is 17.6 Å². The second-order valence-electron chi connectivity index (χ2n) is 7.27. The normalized spacial score (nSPS) is 24.1. The van der Waals surface area contributed by atoms with Crippen LogP contribution in [0, 0.1) is 17.7 Å². The quantitative estimate of drug-likeness (QED) is 0.797. The lowest BCUT2D eigenvalue weighted by Gasteiger charge is -2.26. The zero-order valence-corrected chi connectivity index (χ0v) is 16.3. The molecule has 0 radical (unpaired) electrons. The van der Waals surface area contributed by atoms with Gasteiger partial charge in [-0.25, -0.2) is 12.8 Å². The first kappa shape index (κ1) is 18.4. The molecule has 4 rings (SSSR count). The van der Waals surface area contributed by atoms with Crippen molar-refractivity contribution in [1.82, 2.24) is 5.32 Å². The third-order valence-electron chi connectivity index (χ3n) is 5.53. The van der Waals surface area contributed by atoms with Gasteiger partial charge in [0.1, 0.15) is 16.6 Å². The van der Waals surface area contributed by atoms with Crippen LogP contribution >= 0.6 is 11.3 Å². The number of fused-ring (bicyclic) bond motifs is 2. The molecule has 0 aliphatic heterocycles. The minimum absolute atomic E-state index is 0.135. The summed E-state index contributed by atoms with van der Waals surface area (Å²) in [5.74, 6) is 0.408. The van der Waals surface area contributed by atoms with Gasteiger partial charge in [0.25, 0.3) is 10.0 Å². The Morgan fingerprint density at radius 3 is 2.56 bits per heavy atom. The van der Waals surface area contributed by atoms with E-state index in [4.69, 9.17) is 0 Å². The average molecular weight is 409 g/mol. The molecule has 2 fully saturated rings. The third kappa shape index (κ3) is 3.73. The van der Waals surface area contributed by atoms with E-state index >= 15 is 0 Å². The van der Waals surface area contributed by atoms with E-state index in [2.05, 4.69) is 5.32 Å². The zero-order chi connectivity index (χ0) is 19.0. The minimum Gasteiger partial charge on any atom is -0.352 e.